The fourth-order valence-corrected chi connectivity index (χ4v) is 4.58. The van der Waals surface area contributed by atoms with E-state index in [0.29, 0.717) is 31.3 Å². The molecule has 8 nitrogen and oxygen atoms in total. The van der Waals surface area contributed by atoms with E-state index < -0.39 is 0 Å². The van der Waals surface area contributed by atoms with E-state index in [-0.39, 0.29) is 35.9 Å². The average Bonchev–Trinajstić information content (AvgIpc) is 3.13. The Morgan fingerprint density at radius 1 is 1.12 bits per heavy atom. The van der Waals surface area contributed by atoms with Crippen molar-refractivity contribution in [1.82, 2.24) is 20.4 Å². The van der Waals surface area contributed by atoms with Gasteiger partial charge >= 0.3 is 0 Å². The quantitative estimate of drug-likeness (QED) is 0.299. The summed E-state index contributed by atoms with van der Waals surface area (Å²) in [5, 5.41) is 6.74. The third kappa shape index (κ3) is 6.81. The first kappa shape index (κ1) is 25.7. The maximum absolute atomic E-state index is 12.5. The molecule has 4 rings (SSSR count). The summed E-state index contributed by atoms with van der Waals surface area (Å²) in [5.41, 5.74) is 0.943. The molecule has 1 aromatic carbocycles. The number of guanidine groups is 1. The third-order valence-corrected chi connectivity index (χ3v) is 6.70. The molecule has 2 aliphatic heterocycles. The van der Waals surface area contributed by atoms with Gasteiger partial charge in [0.1, 0.15) is 0 Å². The lowest BCUT2D eigenvalue weighted by Crippen LogP contribution is -2.51. The molecule has 1 atom stereocenters. The second kappa shape index (κ2) is 12.5. The van der Waals surface area contributed by atoms with Crippen molar-refractivity contribution in [2.75, 3.05) is 57.3 Å². The molecule has 1 aromatic rings. The van der Waals surface area contributed by atoms with E-state index in [0.717, 1.165) is 63.8 Å². The van der Waals surface area contributed by atoms with Crippen LogP contribution >= 0.6 is 24.0 Å². The summed E-state index contributed by atoms with van der Waals surface area (Å²) in [5.74, 6) is 1.56. The van der Waals surface area contributed by atoms with E-state index in [1.54, 1.807) is 0 Å². The number of nitrogens with zero attached hydrogens (tertiary/aromatic N) is 4. The van der Waals surface area contributed by atoms with Crippen LogP contribution < -0.4 is 15.5 Å². The first-order chi connectivity index (χ1) is 15.6. The van der Waals surface area contributed by atoms with E-state index >= 15 is 0 Å². The highest BCUT2D eigenvalue weighted by molar-refractivity contribution is 14.0. The number of amides is 2. The van der Waals surface area contributed by atoms with E-state index in [2.05, 4.69) is 15.5 Å². The number of para-hydroxylation sites is 1. The molecule has 2 saturated heterocycles. The van der Waals surface area contributed by atoms with Crippen LogP contribution in [0.3, 0.4) is 0 Å². The lowest BCUT2D eigenvalue weighted by atomic mass is 9.84. The summed E-state index contributed by atoms with van der Waals surface area (Å²) in [6.07, 6.45) is 3.82. The van der Waals surface area contributed by atoms with Crippen molar-refractivity contribution in [3.63, 3.8) is 0 Å². The molecule has 2 heterocycles. The van der Waals surface area contributed by atoms with Crippen LogP contribution in [0.25, 0.3) is 0 Å². The van der Waals surface area contributed by atoms with Crippen LogP contribution in [0.4, 0.5) is 5.69 Å². The van der Waals surface area contributed by atoms with Crippen molar-refractivity contribution >= 4 is 47.4 Å². The number of carbonyl (C=O) groups excluding carboxylic acids is 2. The Bertz CT molecular complexity index is 808. The molecule has 3 aliphatic rings. The fraction of sp³-hybridized carbons (Fsp3) is 0.625. The number of aliphatic imine (C=N–C) groups is 1. The highest BCUT2D eigenvalue weighted by atomic mass is 127. The molecule has 0 aromatic heterocycles. The zero-order chi connectivity index (χ0) is 22.3. The number of carbonyl (C=O) groups is 2. The van der Waals surface area contributed by atoms with Gasteiger partial charge in [-0.05, 0) is 31.9 Å². The molecule has 2 N–H and O–H groups in total. The monoisotopic (exact) mass is 568 g/mol. The normalized spacial score (nSPS) is 22.0. The Hall–Kier alpha value is -1.88. The summed E-state index contributed by atoms with van der Waals surface area (Å²) in [6, 6.07) is 9.86. The third-order valence-electron chi connectivity index (χ3n) is 6.70. The Morgan fingerprint density at radius 3 is 2.48 bits per heavy atom. The summed E-state index contributed by atoms with van der Waals surface area (Å²) in [6.45, 7) is 8.53. The second-order valence-electron chi connectivity index (χ2n) is 8.94. The van der Waals surface area contributed by atoms with Crippen molar-refractivity contribution < 1.29 is 9.59 Å². The van der Waals surface area contributed by atoms with Gasteiger partial charge < -0.3 is 20.4 Å². The molecule has 182 valence electrons. The Kier molecular flexibility index (Phi) is 9.78. The minimum Gasteiger partial charge on any atom is -0.357 e. The molecule has 2 amide bonds. The van der Waals surface area contributed by atoms with Crippen molar-refractivity contribution in [1.29, 1.82) is 0 Å². The highest BCUT2D eigenvalue weighted by Crippen LogP contribution is 2.28. The van der Waals surface area contributed by atoms with Crippen LogP contribution in [0.2, 0.25) is 0 Å². The van der Waals surface area contributed by atoms with Gasteiger partial charge in [-0.3, -0.25) is 19.5 Å². The lowest BCUT2D eigenvalue weighted by molar-refractivity contribution is -0.139. The van der Waals surface area contributed by atoms with E-state index in [1.165, 1.54) is 6.42 Å². The highest BCUT2D eigenvalue weighted by Gasteiger charge is 2.32. The molecule has 33 heavy (non-hydrogen) atoms. The van der Waals surface area contributed by atoms with Crippen molar-refractivity contribution in [2.45, 2.75) is 38.6 Å². The molecule has 0 spiro atoms. The number of anilines is 1. The maximum Gasteiger partial charge on any atom is 0.229 e. The van der Waals surface area contributed by atoms with Crippen molar-refractivity contribution in [2.24, 2.45) is 10.9 Å². The van der Waals surface area contributed by atoms with E-state index in [9.17, 15) is 9.59 Å². The lowest BCUT2D eigenvalue weighted by Gasteiger charge is -2.38. The topological polar surface area (TPSA) is 80.3 Å². The number of rotatable bonds is 7. The number of halogens is 1. The SMILES string of the molecule is CCNC(=NCCN1CCN(C(=O)C2CCC2)CC1)NC1CC(=O)N(c2ccccc2)C1.I. The number of hydrogen-bond donors (Lipinski definition) is 2. The predicted molar refractivity (Wildman–Crippen MR) is 142 cm³/mol. The summed E-state index contributed by atoms with van der Waals surface area (Å²) < 4.78 is 0. The zero-order valence-corrected chi connectivity index (χ0v) is 21.9. The van der Waals surface area contributed by atoms with Gasteiger partial charge in [0.05, 0.1) is 12.6 Å². The molecule has 1 saturated carbocycles. The molecule has 1 aliphatic carbocycles. The van der Waals surface area contributed by atoms with Gasteiger partial charge in [0.25, 0.3) is 0 Å². The van der Waals surface area contributed by atoms with Crippen LogP contribution in [0.1, 0.15) is 32.6 Å². The molecule has 1 unspecified atom stereocenters. The molecule has 0 radical (unpaired) electrons. The molecule has 3 fully saturated rings. The minimum absolute atomic E-state index is 0. The summed E-state index contributed by atoms with van der Waals surface area (Å²) in [7, 11) is 0. The summed E-state index contributed by atoms with van der Waals surface area (Å²) in [4.78, 5) is 35.9. The smallest absolute Gasteiger partial charge is 0.229 e. The Morgan fingerprint density at radius 2 is 1.85 bits per heavy atom. The minimum atomic E-state index is 0. The van der Waals surface area contributed by atoms with Gasteiger partial charge in [-0.1, -0.05) is 24.6 Å². The Labute approximate surface area is 214 Å². The van der Waals surface area contributed by atoms with Crippen LogP contribution in [0, 0.1) is 5.92 Å². The molecule has 9 heteroatoms. The number of nitrogens with one attached hydrogen (secondary N) is 2. The summed E-state index contributed by atoms with van der Waals surface area (Å²) >= 11 is 0. The largest absolute Gasteiger partial charge is 0.357 e. The number of piperazine rings is 1. The molecular formula is C24H37IN6O2. The fourth-order valence-electron chi connectivity index (χ4n) is 4.58. The van der Waals surface area contributed by atoms with Crippen LogP contribution in [-0.2, 0) is 9.59 Å². The standard InChI is InChI=1S/C24H36N6O2.HI/c1-2-25-24(27-20-17-22(31)30(18-20)21-9-4-3-5-10-21)26-11-12-28-13-15-29(16-14-28)23(32)19-7-6-8-19;/h3-5,9-10,19-20H,2,6-8,11-18H2,1H3,(H2,25,26,27);1H. The molecule has 0 bridgehead atoms. The first-order valence-electron chi connectivity index (χ1n) is 12.1. The number of benzene rings is 1. The van der Waals surface area contributed by atoms with Crippen molar-refractivity contribution in [3.05, 3.63) is 30.3 Å². The van der Waals surface area contributed by atoms with E-state index in [1.807, 2.05) is 47.1 Å². The van der Waals surface area contributed by atoms with E-state index in [4.69, 9.17) is 4.99 Å². The second-order valence-corrected chi connectivity index (χ2v) is 8.94. The zero-order valence-electron chi connectivity index (χ0n) is 19.5. The van der Waals surface area contributed by atoms with Gasteiger partial charge in [-0.25, -0.2) is 0 Å². The van der Waals surface area contributed by atoms with Crippen LogP contribution in [0.5, 0.6) is 0 Å². The van der Waals surface area contributed by atoms with Crippen LogP contribution in [0.15, 0.2) is 35.3 Å². The van der Waals surface area contributed by atoms with Crippen molar-refractivity contribution in [3.8, 4) is 0 Å². The van der Waals surface area contributed by atoms with Gasteiger partial charge in [-0.15, -0.1) is 24.0 Å². The van der Waals surface area contributed by atoms with Gasteiger partial charge in [0.15, 0.2) is 5.96 Å². The van der Waals surface area contributed by atoms with Gasteiger partial charge in [-0.2, -0.15) is 0 Å². The van der Waals surface area contributed by atoms with Gasteiger partial charge in [0.2, 0.25) is 11.8 Å². The Balaban J connectivity index is 0.00000306. The maximum atomic E-state index is 12.5. The van der Waals surface area contributed by atoms with Crippen LogP contribution in [-0.4, -0.2) is 86.0 Å². The number of hydrogen-bond acceptors (Lipinski definition) is 4. The average molecular weight is 569 g/mol. The predicted octanol–water partition coefficient (Wildman–Crippen LogP) is 1.91. The first-order valence-corrected chi connectivity index (χ1v) is 12.1. The van der Waals surface area contributed by atoms with Gasteiger partial charge in [0, 0.05) is 63.8 Å². The molecular weight excluding hydrogens is 531 g/mol.